The van der Waals surface area contributed by atoms with Crippen LogP contribution in [-0.2, 0) is 0 Å². The summed E-state index contributed by atoms with van der Waals surface area (Å²) < 4.78 is 39.1. The van der Waals surface area contributed by atoms with Gasteiger partial charge in [-0.15, -0.1) is 0 Å². The number of thioether (sulfide) groups is 1. The van der Waals surface area contributed by atoms with Crippen molar-refractivity contribution in [1.82, 2.24) is 0 Å². The molecule has 7 heteroatoms. The third kappa shape index (κ3) is 4.73. The van der Waals surface area contributed by atoms with Crippen molar-refractivity contribution < 1.29 is 18.1 Å². The SMILES string of the molecule is C=C(/C(=C\c1ccccc1)Sc1ccc([N+](=O)[O-])cc1)C(F)(F)F. The molecule has 0 fully saturated rings. The Kier molecular flexibility index (Phi) is 5.46. The third-order valence-electron chi connectivity index (χ3n) is 3.01. The number of halogens is 3. The number of hydrogen-bond donors (Lipinski definition) is 0. The number of non-ortho nitro benzene ring substituents is 1. The maximum Gasteiger partial charge on any atom is 0.416 e. The number of rotatable bonds is 5. The molecule has 2 aromatic carbocycles. The van der Waals surface area contributed by atoms with Gasteiger partial charge in [0.1, 0.15) is 0 Å². The van der Waals surface area contributed by atoms with Crippen molar-refractivity contribution in [2.75, 3.05) is 0 Å². The lowest BCUT2D eigenvalue weighted by Crippen LogP contribution is -2.11. The van der Waals surface area contributed by atoms with Crippen molar-refractivity contribution in [2.45, 2.75) is 11.1 Å². The van der Waals surface area contributed by atoms with Gasteiger partial charge < -0.3 is 0 Å². The van der Waals surface area contributed by atoms with Gasteiger partial charge in [0.15, 0.2) is 0 Å². The molecule has 0 aliphatic carbocycles. The number of nitro groups is 1. The highest BCUT2D eigenvalue weighted by Crippen LogP contribution is 2.40. The molecule has 0 spiro atoms. The first-order valence-corrected chi connectivity index (χ1v) is 7.54. The smallest absolute Gasteiger partial charge is 0.258 e. The number of hydrogen-bond acceptors (Lipinski definition) is 3. The molecule has 0 N–H and O–H groups in total. The van der Waals surface area contributed by atoms with Crippen LogP contribution in [0.15, 0.2) is 76.5 Å². The maximum absolute atomic E-state index is 13.0. The summed E-state index contributed by atoms with van der Waals surface area (Å²) in [7, 11) is 0. The number of alkyl halides is 3. The van der Waals surface area contributed by atoms with Crippen LogP contribution in [0.25, 0.3) is 6.08 Å². The summed E-state index contributed by atoms with van der Waals surface area (Å²) in [5.74, 6) is 0. The topological polar surface area (TPSA) is 43.1 Å². The van der Waals surface area contributed by atoms with Crippen LogP contribution < -0.4 is 0 Å². The van der Waals surface area contributed by atoms with Gasteiger partial charge in [0.25, 0.3) is 5.69 Å². The van der Waals surface area contributed by atoms with E-state index in [0.29, 0.717) is 10.5 Å². The minimum absolute atomic E-state index is 0.0671. The van der Waals surface area contributed by atoms with E-state index >= 15 is 0 Å². The highest BCUT2D eigenvalue weighted by molar-refractivity contribution is 8.03. The number of benzene rings is 2. The molecule has 3 nitrogen and oxygen atoms in total. The summed E-state index contributed by atoms with van der Waals surface area (Å²) in [6, 6.07) is 13.9. The van der Waals surface area contributed by atoms with E-state index in [0.717, 1.165) is 11.8 Å². The van der Waals surface area contributed by atoms with Crippen molar-refractivity contribution in [3.63, 3.8) is 0 Å². The summed E-state index contributed by atoms with van der Waals surface area (Å²) in [5, 5.41) is 10.6. The van der Waals surface area contributed by atoms with E-state index in [-0.39, 0.29) is 10.6 Å². The lowest BCUT2D eigenvalue weighted by atomic mass is 10.1. The summed E-state index contributed by atoms with van der Waals surface area (Å²) in [6.07, 6.45) is -3.17. The summed E-state index contributed by atoms with van der Waals surface area (Å²) in [4.78, 5) is 10.5. The molecule has 0 saturated heterocycles. The van der Waals surface area contributed by atoms with Gasteiger partial charge in [0.05, 0.1) is 10.5 Å². The van der Waals surface area contributed by atoms with Crippen LogP contribution in [0.2, 0.25) is 0 Å². The lowest BCUT2D eigenvalue weighted by molar-refractivity contribution is -0.384. The Labute approximate surface area is 140 Å². The van der Waals surface area contributed by atoms with Crippen LogP contribution in [0, 0.1) is 10.1 Å². The second-order valence-corrected chi connectivity index (χ2v) is 5.86. The first kappa shape index (κ1) is 17.8. The first-order valence-electron chi connectivity index (χ1n) is 6.73. The van der Waals surface area contributed by atoms with Gasteiger partial charge in [0.2, 0.25) is 0 Å². The molecule has 0 bridgehead atoms. The van der Waals surface area contributed by atoms with Gasteiger partial charge in [-0.3, -0.25) is 10.1 Å². The zero-order valence-electron chi connectivity index (χ0n) is 12.3. The molecular weight excluding hydrogens is 339 g/mol. The molecule has 0 unspecified atom stereocenters. The molecule has 0 aromatic heterocycles. The van der Waals surface area contributed by atoms with E-state index in [9.17, 15) is 23.3 Å². The van der Waals surface area contributed by atoms with E-state index in [1.165, 1.54) is 30.3 Å². The highest BCUT2D eigenvalue weighted by Gasteiger charge is 2.34. The zero-order valence-corrected chi connectivity index (χ0v) is 13.1. The Bertz CT molecular complexity index is 769. The third-order valence-corrected chi connectivity index (χ3v) is 4.10. The fraction of sp³-hybridized carbons (Fsp3) is 0.0588. The second-order valence-electron chi connectivity index (χ2n) is 4.75. The van der Waals surface area contributed by atoms with Crippen LogP contribution in [0.5, 0.6) is 0 Å². The average molecular weight is 351 g/mol. The van der Waals surface area contributed by atoms with Crippen LogP contribution in [0.4, 0.5) is 18.9 Å². The number of nitro benzene ring substituents is 1. The van der Waals surface area contributed by atoms with Crippen molar-refractivity contribution in [2.24, 2.45) is 0 Å². The van der Waals surface area contributed by atoms with Crippen molar-refractivity contribution >= 4 is 23.5 Å². The predicted molar refractivity (Wildman–Crippen MR) is 88.6 cm³/mol. The Morgan fingerprint density at radius 1 is 1.08 bits per heavy atom. The second kappa shape index (κ2) is 7.35. The quantitative estimate of drug-likeness (QED) is 0.294. The van der Waals surface area contributed by atoms with E-state index in [4.69, 9.17) is 0 Å². The van der Waals surface area contributed by atoms with Gasteiger partial charge in [0, 0.05) is 21.9 Å². The molecular formula is C17H12F3NO2S. The molecule has 0 saturated carbocycles. The van der Waals surface area contributed by atoms with E-state index in [1.54, 1.807) is 30.3 Å². The fourth-order valence-corrected chi connectivity index (χ4v) is 2.74. The molecule has 0 atom stereocenters. The monoisotopic (exact) mass is 351 g/mol. The standard InChI is InChI=1S/C17H12F3NO2S/c1-12(17(18,19)20)16(11-13-5-3-2-4-6-13)24-15-9-7-14(8-10-15)21(22)23/h2-11H,1H2/b16-11+. The minimum atomic E-state index is -4.56. The van der Waals surface area contributed by atoms with Gasteiger partial charge in [-0.1, -0.05) is 48.7 Å². The summed E-state index contributed by atoms with van der Waals surface area (Å²) in [6.45, 7) is 3.14. The molecule has 2 rings (SSSR count). The van der Waals surface area contributed by atoms with Crippen molar-refractivity contribution in [1.29, 1.82) is 0 Å². The van der Waals surface area contributed by atoms with Gasteiger partial charge >= 0.3 is 6.18 Å². The van der Waals surface area contributed by atoms with E-state index in [2.05, 4.69) is 6.58 Å². The molecule has 0 amide bonds. The molecule has 0 aliphatic rings. The molecule has 0 radical (unpaired) electrons. The van der Waals surface area contributed by atoms with Gasteiger partial charge in [-0.05, 0) is 23.8 Å². The van der Waals surface area contributed by atoms with E-state index in [1.807, 2.05) is 0 Å². The first-order chi connectivity index (χ1) is 11.3. The van der Waals surface area contributed by atoms with Crippen LogP contribution in [-0.4, -0.2) is 11.1 Å². The normalized spacial score (nSPS) is 12.0. The van der Waals surface area contributed by atoms with Crippen molar-refractivity contribution in [3.8, 4) is 0 Å². The van der Waals surface area contributed by atoms with Crippen LogP contribution >= 0.6 is 11.8 Å². The average Bonchev–Trinajstić information content (AvgIpc) is 2.54. The molecule has 2 aromatic rings. The Balaban J connectivity index is 2.34. The molecule has 0 aliphatic heterocycles. The van der Waals surface area contributed by atoms with Gasteiger partial charge in [-0.2, -0.15) is 13.2 Å². The van der Waals surface area contributed by atoms with Crippen molar-refractivity contribution in [3.05, 3.63) is 87.3 Å². The molecule has 24 heavy (non-hydrogen) atoms. The number of allylic oxidation sites excluding steroid dienone is 1. The van der Waals surface area contributed by atoms with Gasteiger partial charge in [-0.25, -0.2) is 0 Å². The maximum atomic E-state index is 13.0. The Morgan fingerprint density at radius 2 is 1.67 bits per heavy atom. The summed E-state index contributed by atoms with van der Waals surface area (Å²) in [5.41, 5.74) is -0.482. The predicted octanol–water partition coefficient (Wildman–Crippen LogP) is 5.85. The minimum Gasteiger partial charge on any atom is -0.258 e. The van der Waals surface area contributed by atoms with Crippen LogP contribution in [0.1, 0.15) is 5.56 Å². The highest BCUT2D eigenvalue weighted by atomic mass is 32.2. The molecule has 124 valence electrons. The Hall–Kier alpha value is -2.54. The summed E-state index contributed by atoms with van der Waals surface area (Å²) >= 11 is 0.858. The fourth-order valence-electron chi connectivity index (χ4n) is 1.78. The zero-order chi connectivity index (χ0) is 17.7. The lowest BCUT2D eigenvalue weighted by Gasteiger charge is -2.14. The Morgan fingerprint density at radius 3 is 2.17 bits per heavy atom. The number of nitrogens with zero attached hydrogens (tertiary/aromatic N) is 1. The largest absolute Gasteiger partial charge is 0.416 e. The molecule has 0 heterocycles. The van der Waals surface area contributed by atoms with Crippen LogP contribution in [0.3, 0.4) is 0 Å². The van der Waals surface area contributed by atoms with E-state index < -0.39 is 16.7 Å².